The van der Waals surface area contributed by atoms with Crippen molar-refractivity contribution in [2.45, 2.75) is 78.7 Å². The summed E-state index contributed by atoms with van der Waals surface area (Å²) in [7, 11) is -3.31. The van der Waals surface area contributed by atoms with Crippen LogP contribution in [-0.4, -0.2) is 45.5 Å². The lowest BCUT2D eigenvalue weighted by Crippen LogP contribution is -2.33. The van der Waals surface area contributed by atoms with Gasteiger partial charge in [-0.25, -0.2) is 8.42 Å². The van der Waals surface area contributed by atoms with Gasteiger partial charge in [-0.1, -0.05) is 20.8 Å². The van der Waals surface area contributed by atoms with Crippen LogP contribution in [0.25, 0.3) is 0 Å². The van der Waals surface area contributed by atoms with E-state index in [-0.39, 0.29) is 17.8 Å². The first-order valence-electron chi connectivity index (χ1n) is 10.9. The summed E-state index contributed by atoms with van der Waals surface area (Å²) >= 11 is 0. The summed E-state index contributed by atoms with van der Waals surface area (Å²) in [6.07, 6.45) is 3.02. The average Bonchev–Trinajstić information content (AvgIpc) is 3.32. The van der Waals surface area contributed by atoms with E-state index in [1.54, 1.807) is 4.31 Å². The minimum Gasteiger partial charge on any atom is -0.370 e. The van der Waals surface area contributed by atoms with E-state index in [1.807, 2.05) is 0 Å². The van der Waals surface area contributed by atoms with Crippen LogP contribution in [0.3, 0.4) is 0 Å². The van der Waals surface area contributed by atoms with Crippen LogP contribution < -0.4 is 0 Å². The Morgan fingerprint density at radius 2 is 1.97 bits per heavy atom. The summed E-state index contributed by atoms with van der Waals surface area (Å²) in [6, 6.07) is 0. The largest absolute Gasteiger partial charge is 0.370 e. The molecule has 0 fully saturated rings. The zero-order valence-electron chi connectivity index (χ0n) is 18.6. The molecule has 4 rings (SSSR count). The van der Waals surface area contributed by atoms with Crippen molar-refractivity contribution in [2.24, 2.45) is 5.92 Å². The van der Waals surface area contributed by atoms with Gasteiger partial charge in [0, 0.05) is 42.4 Å². The van der Waals surface area contributed by atoms with Gasteiger partial charge in [0.15, 0.2) is 0 Å². The van der Waals surface area contributed by atoms with Crippen molar-refractivity contribution in [3.05, 3.63) is 33.9 Å². The molecule has 0 saturated heterocycles. The van der Waals surface area contributed by atoms with E-state index in [4.69, 9.17) is 9.84 Å². The normalized spacial score (nSPS) is 20.9. The second-order valence-electron chi connectivity index (χ2n) is 9.10. The Morgan fingerprint density at radius 3 is 2.63 bits per heavy atom. The van der Waals surface area contributed by atoms with E-state index in [2.05, 4.69) is 42.6 Å². The molecule has 2 aromatic rings. The lowest BCUT2D eigenvalue weighted by Gasteiger charge is -2.24. The average molecular weight is 436 g/mol. The predicted molar refractivity (Wildman–Crippen MR) is 115 cm³/mol. The lowest BCUT2D eigenvalue weighted by atomic mass is 9.88. The highest BCUT2D eigenvalue weighted by molar-refractivity contribution is 7.88. The lowest BCUT2D eigenvalue weighted by molar-refractivity contribution is 0.131. The molecule has 9 heteroatoms. The number of aromatic nitrogens is 4. The molecule has 0 aromatic carbocycles. The fraction of sp³-hybridized carbons (Fsp3) is 0.714. The van der Waals surface area contributed by atoms with Gasteiger partial charge in [-0.3, -0.25) is 9.78 Å². The van der Waals surface area contributed by atoms with Gasteiger partial charge in [0.25, 0.3) is 0 Å². The van der Waals surface area contributed by atoms with Crippen LogP contribution in [0.15, 0.2) is 0 Å². The molecule has 2 atom stereocenters. The predicted octanol–water partition coefficient (Wildman–Crippen LogP) is 2.91. The summed E-state index contributed by atoms with van der Waals surface area (Å²) in [5, 5.41) is 12.5. The summed E-state index contributed by atoms with van der Waals surface area (Å²) in [6.45, 7) is 11.5. The number of hydrogen-bond donors (Lipinski definition) is 1. The summed E-state index contributed by atoms with van der Waals surface area (Å²) in [5.74, 6) is 0.685. The number of rotatable bonds is 6. The highest BCUT2D eigenvalue weighted by Gasteiger charge is 2.34. The molecule has 2 aromatic heterocycles. The van der Waals surface area contributed by atoms with Gasteiger partial charge in [0.1, 0.15) is 0 Å². The first-order valence-corrected chi connectivity index (χ1v) is 12.7. The van der Waals surface area contributed by atoms with E-state index >= 15 is 0 Å². The Labute approximate surface area is 179 Å². The Kier molecular flexibility index (Phi) is 5.80. The molecule has 1 N–H and O–H groups in total. The van der Waals surface area contributed by atoms with Crippen molar-refractivity contribution in [3.63, 3.8) is 0 Å². The smallest absolute Gasteiger partial charge is 0.211 e. The monoisotopic (exact) mass is 435 g/mol. The molecule has 0 saturated carbocycles. The number of ether oxygens (including phenoxy) is 1. The van der Waals surface area contributed by atoms with Crippen molar-refractivity contribution in [3.8, 4) is 0 Å². The molecule has 2 unspecified atom stereocenters. The maximum atomic E-state index is 12.6. The topological polar surface area (TPSA) is 93.1 Å². The minimum absolute atomic E-state index is 0.202. The molecule has 166 valence electrons. The standard InChI is InChI=1S/C21H33N5O3S/c1-6-26-19-8-15(7-14(4)21-17-11-29-12-18(17)22-23-21)9-25(30(5,27)28)10-16(19)20(24-26)13(2)3/h13-15H,6-12H2,1-5H3,(H,22,23). The van der Waals surface area contributed by atoms with Gasteiger partial charge >= 0.3 is 0 Å². The number of fused-ring (bicyclic) bond motifs is 2. The summed E-state index contributed by atoms with van der Waals surface area (Å²) in [5.41, 5.74) is 6.63. The number of aryl methyl sites for hydroxylation is 1. The molecule has 0 bridgehead atoms. The SMILES string of the molecule is CCn1nc(C(C)C)c2c1CC(CC(C)c1n[nH]c3c1COC3)CN(S(C)(=O)=O)C2. The van der Waals surface area contributed by atoms with Crippen LogP contribution in [0, 0.1) is 5.92 Å². The van der Waals surface area contributed by atoms with Crippen LogP contribution >= 0.6 is 0 Å². The Balaban J connectivity index is 1.66. The molecular formula is C21H33N5O3S. The summed E-state index contributed by atoms with van der Waals surface area (Å²) < 4.78 is 34.4. The second-order valence-corrected chi connectivity index (χ2v) is 11.1. The fourth-order valence-electron chi connectivity index (χ4n) is 4.93. The minimum atomic E-state index is -3.31. The third-order valence-electron chi connectivity index (χ3n) is 6.42. The maximum Gasteiger partial charge on any atom is 0.211 e. The number of nitrogens with zero attached hydrogens (tertiary/aromatic N) is 4. The van der Waals surface area contributed by atoms with Crippen molar-refractivity contribution in [1.29, 1.82) is 0 Å². The van der Waals surface area contributed by atoms with Gasteiger partial charge in [0.05, 0.1) is 36.6 Å². The van der Waals surface area contributed by atoms with Crippen LogP contribution in [0.2, 0.25) is 0 Å². The molecule has 0 spiro atoms. The van der Waals surface area contributed by atoms with E-state index in [9.17, 15) is 8.42 Å². The van der Waals surface area contributed by atoms with E-state index in [1.165, 1.54) is 17.5 Å². The summed E-state index contributed by atoms with van der Waals surface area (Å²) in [4.78, 5) is 0. The number of aromatic amines is 1. The van der Waals surface area contributed by atoms with E-state index in [0.29, 0.717) is 26.3 Å². The molecule has 0 radical (unpaired) electrons. The highest BCUT2D eigenvalue weighted by atomic mass is 32.2. The van der Waals surface area contributed by atoms with Crippen LogP contribution in [0.1, 0.15) is 79.9 Å². The molecule has 0 amide bonds. The van der Waals surface area contributed by atoms with Gasteiger partial charge in [-0.05, 0) is 31.6 Å². The molecular weight excluding hydrogens is 402 g/mol. The first kappa shape index (κ1) is 21.5. The van der Waals surface area contributed by atoms with E-state index in [0.717, 1.165) is 42.0 Å². The molecule has 2 aliphatic heterocycles. The molecule has 30 heavy (non-hydrogen) atoms. The Bertz CT molecular complexity index is 1020. The van der Waals surface area contributed by atoms with Crippen molar-refractivity contribution >= 4 is 10.0 Å². The highest BCUT2D eigenvalue weighted by Crippen LogP contribution is 2.35. The number of hydrogen-bond acceptors (Lipinski definition) is 5. The third-order valence-corrected chi connectivity index (χ3v) is 7.64. The van der Waals surface area contributed by atoms with Crippen molar-refractivity contribution < 1.29 is 13.2 Å². The van der Waals surface area contributed by atoms with Crippen LogP contribution in [0.4, 0.5) is 0 Å². The van der Waals surface area contributed by atoms with Crippen molar-refractivity contribution in [2.75, 3.05) is 12.8 Å². The van der Waals surface area contributed by atoms with Crippen molar-refractivity contribution in [1.82, 2.24) is 24.3 Å². The maximum absolute atomic E-state index is 12.6. The zero-order valence-corrected chi connectivity index (χ0v) is 19.4. The number of H-pyrrole nitrogens is 1. The van der Waals surface area contributed by atoms with Crippen LogP contribution in [0.5, 0.6) is 0 Å². The van der Waals surface area contributed by atoms with Gasteiger partial charge in [-0.15, -0.1) is 0 Å². The first-order chi connectivity index (χ1) is 14.2. The molecule has 0 aliphatic carbocycles. The zero-order chi connectivity index (χ0) is 21.6. The van der Waals surface area contributed by atoms with E-state index < -0.39 is 10.0 Å². The third kappa shape index (κ3) is 3.94. The number of sulfonamides is 1. The second kappa shape index (κ2) is 8.09. The molecule has 4 heterocycles. The molecule has 8 nitrogen and oxygen atoms in total. The van der Waals surface area contributed by atoms with Gasteiger partial charge in [0.2, 0.25) is 10.0 Å². The Morgan fingerprint density at radius 1 is 1.20 bits per heavy atom. The molecule has 2 aliphatic rings. The number of nitrogens with one attached hydrogen (secondary N) is 1. The van der Waals surface area contributed by atoms with Crippen LogP contribution in [-0.2, 0) is 47.5 Å². The van der Waals surface area contributed by atoms with Gasteiger partial charge < -0.3 is 4.74 Å². The fourth-order valence-corrected chi connectivity index (χ4v) is 5.78. The quantitative estimate of drug-likeness (QED) is 0.753. The Hall–Kier alpha value is -1.71. The van der Waals surface area contributed by atoms with Gasteiger partial charge in [-0.2, -0.15) is 14.5 Å².